The molecular formula is C8H10O. The van der Waals surface area contributed by atoms with Gasteiger partial charge in [-0.3, -0.25) is 4.79 Å². The van der Waals surface area contributed by atoms with Gasteiger partial charge in [0.15, 0.2) is 5.78 Å². The lowest BCUT2D eigenvalue weighted by Gasteiger charge is -1.93. The molecule has 0 N–H and O–H groups in total. The largest absolute Gasteiger partial charge is 0.295 e. The fourth-order valence-corrected chi connectivity index (χ4v) is 0.979. The number of ketones is 1. The van der Waals surface area contributed by atoms with Gasteiger partial charge in [0.05, 0.1) is 0 Å². The molecule has 0 fully saturated rings. The summed E-state index contributed by atoms with van der Waals surface area (Å²) in [5, 5.41) is 0. The van der Waals surface area contributed by atoms with Crippen LogP contribution in [0.15, 0.2) is 24.3 Å². The molecule has 1 rings (SSSR count). The quantitative estimate of drug-likeness (QED) is 0.484. The third-order valence-electron chi connectivity index (χ3n) is 1.41. The van der Waals surface area contributed by atoms with Crippen LogP contribution in [0.3, 0.4) is 0 Å². The second kappa shape index (κ2) is 2.62. The van der Waals surface area contributed by atoms with Crippen LogP contribution < -0.4 is 0 Å². The molecule has 0 heterocycles. The van der Waals surface area contributed by atoms with Crippen molar-refractivity contribution in [2.24, 2.45) is 5.92 Å². The van der Waals surface area contributed by atoms with Crippen LogP contribution in [0.4, 0.5) is 0 Å². The SMILES string of the molecule is C/C=C/C1C=CC(=O)C1. The standard InChI is InChI=1S/C8H10O/c1-2-3-7-4-5-8(9)6-7/h2-5,7H,6H2,1H3/b3-2+. The highest BCUT2D eigenvalue weighted by Gasteiger charge is 2.11. The zero-order valence-electron chi connectivity index (χ0n) is 5.50. The van der Waals surface area contributed by atoms with Crippen molar-refractivity contribution in [1.82, 2.24) is 0 Å². The Hall–Kier alpha value is -0.850. The first-order valence-electron chi connectivity index (χ1n) is 3.17. The smallest absolute Gasteiger partial charge is 0.156 e. The molecule has 0 saturated heterocycles. The van der Waals surface area contributed by atoms with Gasteiger partial charge in [0, 0.05) is 12.3 Å². The van der Waals surface area contributed by atoms with Crippen molar-refractivity contribution in [3.63, 3.8) is 0 Å². The summed E-state index contributed by atoms with van der Waals surface area (Å²) < 4.78 is 0. The number of carbonyl (C=O) groups excluding carboxylic acids is 1. The number of carbonyl (C=O) groups is 1. The van der Waals surface area contributed by atoms with Gasteiger partial charge in [0.2, 0.25) is 0 Å². The highest BCUT2D eigenvalue weighted by Crippen LogP contribution is 2.14. The van der Waals surface area contributed by atoms with Gasteiger partial charge in [-0.25, -0.2) is 0 Å². The molecule has 0 aromatic heterocycles. The summed E-state index contributed by atoms with van der Waals surface area (Å²) in [5.74, 6) is 0.626. The molecule has 0 aromatic carbocycles. The minimum absolute atomic E-state index is 0.248. The highest BCUT2D eigenvalue weighted by atomic mass is 16.1. The van der Waals surface area contributed by atoms with Crippen LogP contribution in [0.25, 0.3) is 0 Å². The molecule has 1 aliphatic rings. The van der Waals surface area contributed by atoms with Gasteiger partial charge in [-0.15, -0.1) is 0 Å². The minimum atomic E-state index is 0.248. The molecule has 0 spiro atoms. The first-order chi connectivity index (χ1) is 4.33. The summed E-state index contributed by atoms with van der Waals surface area (Å²) >= 11 is 0. The number of hydrogen-bond acceptors (Lipinski definition) is 1. The van der Waals surface area contributed by atoms with E-state index in [0.29, 0.717) is 12.3 Å². The van der Waals surface area contributed by atoms with Crippen LogP contribution >= 0.6 is 0 Å². The molecule has 0 aliphatic heterocycles. The summed E-state index contributed by atoms with van der Waals surface area (Å²) in [4.78, 5) is 10.6. The maximum Gasteiger partial charge on any atom is 0.156 e. The fraction of sp³-hybridized carbons (Fsp3) is 0.375. The van der Waals surface area contributed by atoms with E-state index in [1.807, 2.05) is 25.2 Å². The highest BCUT2D eigenvalue weighted by molar-refractivity contribution is 5.92. The van der Waals surface area contributed by atoms with Crippen LogP contribution in [0.1, 0.15) is 13.3 Å². The molecule has 1 atom stereocenters. The Labute approximate surface area is 55.1 Å². The minimum Gasteiger partial charge on any atom is -0.295 e. The summed E-state index contributed by atoms with van der Waals surface area (Å²) in [6.45, 7) is 1.97. The second-order valence-corrected chi connectivity index (χ2v) is 2.22. The van der Waals surface area contributed by atoms with Crippen LogP contribution in [0.5, 0.6) is 0 Å². The van der Waals surface area contributed by atoms with E-state index in [2.05, 4.69) is 0 Å². The number of hydrogen-bond donors (Lipinski definition) is 0. The van der Waals surface area contributed by atoms with Gasteiger partial charge < -0.3 is 0 Å². The molecule has 0 saturated carbocycles. The Morgan fingerprint density at radius 3 is 3.00 bits per heavy atom. The number of rotatable bonds is 1. The molecule has 48 valence electrons. The van der Waals surface area contributed by atoms with Gasteiger partial charge in [-0.1, -0.05) is 18.2 Å². The molecule has 0 amide bonds. The lowest BCUT2D eigenvalue weighted by Crippen LogP contribution is -1.90. The predicted octanol–water partition coefficient (Wildman–Crippen LogP) is 1.71. The van der Waals surface area contributed by atoms with E-state index in [1.165, 1.54) is 0 Å². The van der Waals surface area contributed by atoms with Crippen molar-refractivity contribution in [2.75, 3.05) is 0 Å². The van der Waals surface area contributed by atoms with Crippen LogP contribution in [0, 0.1) is 5.92 Å². The van der Waals surface area contributed by atoms with Gasteiger partial charge in [0.25, 0.3) is 0 Å². The fourth-order valence-electron chi connectivity index (χ4n) is 0.979. The van der Waals surface area contributed by atoms with Crippen molar-refractivity contribution in [3.8, 4) is 0 Å². The number of allylic oxidation sites excluding steroid dienone is 4. The average molecular weight is 122 g/mol. The van der Waals surface area contributed by atoms with Crippen molar-refractivity contribution < 1.29 is 4.79 Å². The Kier molecular flexibility index (Phi) is 1.83. The van der Waals surface area contributed by atoms with E-state index in [4.69, 9.17) is 0 Å². The zero-order valence-corrected chi connectivity index (χ0v) is 5.50. The van der Waals surface area contributed by atoms with Crippen molar-refractivity contribution in [2.45, 2.75) is 13.3 Å². The van der Waals surface area contributed by atoms with Crippen molar-refractivity contribution >= 4 is 5.78 Å². The first kappa shape index (κ1) is 6.27. The van der Waals surface area contributed by atoms with Crippen LogP contribution in [-0.2, 0) is 4.79 Å². The van der Waals surface area contributed by atoms with Crippen molar-refractivity contribution in [1.29, 1.82) is 0 Å². The maximum atomic E-state index is 10.6. The zero-order chi connectivity index (χ0) is 6.69. The molecule has 1 heteroatoms. The van der Waals surface area contributed by atoms with E-state index >= 15 is 0 Å². The summed E-state index contributed by atoms with van der Waals surface area (Å²) in [5.41, 5.74) is 0. The van der Waals surface area contributed by atoms with Crippen LogP contribution in [-0.4, -0.2) is 5.78 Å². The normalized spacial score (nSPS) is 26.3. The molecule has 1 nitrogen and oxygen atoms in total. The Balaban J connectivity index is 2.50. The average Bonchev–Trinajstić information content (AvgIpc) is 2.17. The molecular weight excluding hydrogens is 112 g/mol. The second-order valence-electron chi connectivity index (χ2n) is 2.22. The van der Waals surface area contributed by atoms with Gasteiger partial charge >= 0.3 is 0 Å². The summed E-state index contributed by atoms with van der Waals surface area (Å²) in [6, 6.07) is 0. The lowest BCUT2D eigenvalue weighted by molar-refractivity contribution is -0.114. The molecule has 1 unspecified atom stereocenters. The summed E-state index contributed by atoms with van der Waals surface area (Å²) in [6.07, 6.45) is 8.30. The van der Waals surface area contributed by atoms with E-state index in [1.54, 1.807) is 6.08 Å². The van der Waals surface area contributed by atoms with E-state index in [9.17, 15) is 4.79 Å². The Morgan fingerprint density at radius 2 is 2.56 bits per heavy atom. The lowest BCUT2D eigenvalue weighted by atomic mass is 10.1. The molecule has 1 aliphatic carbocycles. The van der Waals surface area contributed by atoms with E-state index < -0.39 is 0 Å². The van der Waals surface area contributed by atoms with Crippen LogP contribution in [0.2, 0.25) is 0 Å². The monoisotopic (exact) mass is 122 g/mol. The third kappa shape index (κ3) is 1.53. The molecule has 0 bridgehead atoms. The summed E-state index contributed by atoms with van der Waals surface area (Å²) in [7, 11) is 0. The van der Waals surface area contributed by atoms with Gasteiger partial charge in [-0.2, -0.15) is 0 Å². The first-order valence-corrected chi connectivity index (χ1v) is 3.17. The van der Waals surface area contributed by atoms with Crippen molar-refractivity contribution in [3.05, 3.63) is 24.3 Å². The predicted molar refractivity (Wildman–Crippen MR) is 37.1 cm³/mol. The van der Waals surface area contributed by atoms with E-state index in [-0.39, 0.29) is 5.78 Å². The Bertz CT molecular complexity index is 165. The molecule has 9 heavy (non-hydrogen) atoms. The maximum absolute atomic E-state index is 10.6. The molecule has 0 radical (unpaired) electrons. The molecule has 0 aromatic rings. The van der Waals surface area contributed by atoms with Gasteiger partial charge in [-0.05, 0) is 13.0 Å². The third-order valence-corrected chi connectivity index (χ3v) is 1.41. The van der Waals surface area contributed by atoms with Gasteiger partial charge in [0.1, 0.15) is 0 Å². The Morgan fingerprint density at radius 1 is 1.78 bits per heavy atom. The van der Waals surface area contributed by atoms with E-state index in [0.717, 1.165) is 0 Å². The topological polar surface area (TPSA) is 17.1 Å².